The average molecular weight is 258 g/mol. The third kappa shape index (κ3) is 4.93. The van der Waals surface area contributed by atoms with Crippen LogP contribution in [0.3, 0.4) is 0 Å². The van der Waals surface area contributed by atoms with E-state index in [1.807, 2.05) is 0 Å². The van der Waals surface area contributed by atoms with Gasteiger partial charge in [-0.15, -0.1) is 0 Å². The Morgan fingerprint density at radius 1 is 1.44 bits per heavy atom. The minimum atomic E-state index is -1.32. The van der Waals surface area contributed by atoms with Crippen molar-refractivity contribution in [2.75, 3.05) is 6.54 Å². The van der Waals surface area contributed by atoms with Crippen LogP contribution < -0.4 is 11.1 Å². The number of nitrogens with two attached hydrogens (primary N) is 1. The molecule has 0 aromatic carbocycles. The Morgan fingerprint density at radius 3 is 2.67 bits per heavy atom. The molecule has 1 fully saturated rings. The predicted molar refractivity (Wildman–Crippen MR) is 69.0 cm³/mol. The van der Waals surface area contributed by atoms with Gasteiger partial charge in [0.25, 0.3) is 0 Å². The first-order chi connectivity index (χ1) is 8.44. The maximum absolute atomic E-state index is 11.3. The highest BCUT2D eigenvalue weighted by Crippen LogP contribution is 2.23. The molecule has 104 valence electrons. The number of hydrogen-bond donors (Lipinski definition) is 5. The van der Waals surface area contributed by atoms with Gasteiger partial charge in [-0.05, 0) is 38.5 Å². The second-order valence-corrected chi connectivity index (χ2v) is 5.19. The van der Waals surface area contributed by atoms with Crippen LogP contribution in [0.25, 0.3) is 0 Å². The van der Waals surface area contributed by atoms with Crippen LogP contribution >= 0.6 is 0 Å². The number of rotatable bonds is 8. The van der Waals surface area contributed by atoms with E-state index >= 15 is 0 Å². The summed E-state index contributed by atoms with van der Waals surface area (Å²) in [5.41, 5.74) is 4.77. The lowest BCUT2D eigenvalue weighted by molar-refractivity contribution is -0.144. The predicted octanol–water partition coefficient (Wildman–Crippen LogP) is -0.446. The second-order valence-electron chi connectivity index (χ2n) is 5.19. The van der Waals surface area contributed by atoms with Crippen LogP contribution in [0.5, 0.6) is 0 Å². The Labute approximate surface area is 108 Å². The smallest absolute Gasteiger partial charge is 0.451 e. The Balaban J connectivity index is 2.38. The maximum atomic E-state index is 11.3. The molecule has 1 heterocycles. The first-order valence-corrected chi connectivity index (χ1v) is 6.56. The largest absolute Gasteiger partial charge is 0.480 e. The Bertz CT molecular complexity index is 272. The average Bonchev–Trinajstić information content (AvgIpc) is 2.76. The van der Waals surface area contributed by atoms with Gasteiger partial charge >= 0.3 is 13.1 Å². The fourth-order valence-corrected chi connectivity index (χ4v) is 2.43. The highest BCUT2D eigenvalue weighted by atomic mass is 16.4. The second kappa shape index (κ2) is 7.08. The van der Waals surface area contributed by atoms with Gasteiger partial charge in [0, 0.05) is 6.04 Å². The van der Waals surface area contributed by atoms with E-state index in [0.717, 1.165) is 19.4 Å². The molecule has 0 amide bonds. The van der Waals surface area contributed by atoms with E-state index in [9.17, 15) is 9.90 Å². The van der Waals surface area contributed by atoms with Crippen molar-refractivity contribution < 1.29 is 19.9 Å². The van der Waals surface area contributed by atoms with Crippen molar-refractivity contribution >= 4 is 13.1 Å². The summed E-state index contributed by atoms with van der Waals surface area (Å²) in [6.45, 7) is 0.928. The van der Waals surface area contributed by atoms with Crippen molar-refractivity contribution in [3.8, 4) is 0 Å². The number of nitrogens with one attached hydrogen (secondary N) is 1. The van der Waals surface area contributed by atoms with Crippen molar-refractivity contribution in [1.82, 2.24) is 5.32 Å². The van der Waals surface area contributed by atoms with Gasteiger partial charge in [0.05, 0.1) is 0 Å². The maximum Gasteiger partial charge on any atom is 0.451 e. The Morgan fingerprint density at radius 2 is 2.17 bits per heavy atom. The highest BCUT2D eigenvalue weighted by molar-refractivity contribution is 6.40. The van der Waals surface area contributed by atoms with Gasteiger partial charge in [-0.25, -0.2) is 0 Å². The number of carboxylic acids is 1. The van der Waals surface area contributed by atoms with Crippen LogP contribution in [-0.4, -0.2) is 46.4 Å². The molecule has 6 nitrogen and oxygen atoms in total. The number of unbranched alkanes of at least 4 members (excludes halogenated alkanes) is 1. The summed E-state index contributed by atoms with van der Waals surface area (Å²) in [6, 6.07) is 0.189. The van der Waals surface area contributed by atoms with E-state index in [-0.39, 0.29) is 12.4 Å². The summed E-state index contributed by atoms with van der Waals surface area (Å²) in [5, 5.41) is 29.9. The summed E-state index contributed by atoms with van der Waals surface area (Å²) in [7, 11) is -1.32. The molecule has 1 rings (SSSR count). The van der Waals surface area contributed by atoms with Crippen molar-refractivity contribution in [3.63, 3.8) is 0 Å². The lowest BCUT2D eigenvalue weighted by atomic mass is 9.80. The quantitative estimate of drug-likeness (QED) is 0.297. The van der Waals surface area contributed by atoms with Crippen molar-refractivity contribution in [3.05, 3.63) is 0 Å². The molecule has 0 aliphatic carbocycles. The molecular formula is C11H23BN2O4. The van der Waals surface area contributed by atoms with Gasteiger partial charge < -0.3 is 26.2 Å². The zero-order valence-corrected chi connectivity index (χ0v) is 10.6. The number of carbonyl (C=O) groups is 1. The number of carboxylic acid groups (broad SMARTS) is 1. The molecule has 1 saturated heterocycles. The first-order valence-electron chi connectivity index (χ1n) is 6.56. The summed E-state index contributed by atoms with van der Waals surface area (Å²) in [6.07, 6.45) is 4.27. The molecule has 0 radical (unpaired) electrons. The molecule has 1 aliphatic rings. The summed E-state index contributed by atoms with van der Waals surface area (Å²) in [4.78, 5) is 11.3. The van der Waals surface area contributed by atoms with E-state index in [1.165, 1.54) is 0 Å². The van der Waals surface area contributed by atoms with Crippen molar-refractivity contribution in [2.45, 2.75) is 56.4 Å². The SMILES string of the molecule is NC(CCCCB(O)O)(C[C@H]1CCCN1)C(=O)O. The molecule has 0 spiro atoms. The molecule has 0 aromatic rings. The van der Waals surface area contributed by atoms with Crippen LogP contribution in [-0.2, 0) is 4.79 Å². The molecule has 0 saturated carbocycles. The standard InChI is InChI=1S/C11H23BN2O4/c13-11(10(15)16,5-1-2-6-12(17)18)8-9-4-3-7-14-9/h9,14,17-18H,1-8,13H2,(H,15,16)/t9-,11?/m1/s1. The molecule has 6 N–H and O–H groups in total. The van der Waals surface area contributed by atoms with Crippen LogP contribution in [0.4, 0.5) is 0 Å². The van der Waals surface area contributed by atoms with Crippen LogP contribution in [0, 0.1) is 0 Å². The molecule has 2 atom stereocenters. The zero-order valence-electron chi connectivity index (χ0n) is 10.6. The summed E-state index contributed by atoms with van der Waals surface area (Å²) < 4.78 is 0. The molecule has 7 heteroatoms. The fourth-order valence-electron chi connectivity index (χ4n) is 2.43. The van der Waals surface area contributed by atoms with E-state index in [0.29, 0.717) is 25.7 Å². The Hall–Kier alpha value is -0.625. The lowest BCUT2D eigenvalue weighted by Gasteiger charge is -2.27. The lowest BCUT2D eigenvalue weighted by Crippen LogP contribution is -2.51. The van der Waals surface area contributed by atoms with Gasteiger partial charge in [-0.2, -0.15) is 0 Å². The summed E-state index contributed by atoms with van der Waals surface area (Å²) >= 11 is 0. The third-order valence-corrected chi connectivity index (χ3v) is 3.53. The van der Waals surface area contributed by atoms with Crippen LogP contribution in [0.1, 0.15) is 38.5 Å². The molecule has 0 bridgehead atoms. The van der Waals surface area contributed by atoms with E-state index in [1.54, 1.807) is 0 Å². The molecule has 1 unspecified atom stereocenters. The highest BCUT2D eigenvalue weighted by Gasteiger charge is 2.36. The van der Waals surface area contributed by atoms with E-state index in [2.05, 4.69) is 5.32 Å². The number of aliphatic carboxylic acids is 1. The number of hydrogen-bond acceptors (Lipinski definition) is 5. The molecule has 0 aromatic heterocycles. The fraction of sp³-hybridized carbons (Fsp3) is 0.909. The van der Waals surface area contributed by atoms with Crippen LogP contribution in [0.2, 0.25) is 6.32 Å². The minimum Gasteiger partial charge on any atom is -0.480 e. The van der Waals surface area contributed by atoms with Gasteiger partial charge in [-0.3, -0.25) is 4.79 Å². The summed E-state index contributed by atoms with van der Waals surface area (Å²) in [5.74, 6) is -0.972. The molecule has 1 aliphatic heterocycles. The van der Waals surface area contributed by atoms with Crippen molar-refractivity contribution in [2.24, 2.45) is 5.73 Å². The van der Waals surface area contributed by atoms with E-state index < -0.39 is 18.6 Å². The molecule has 18 heavy (non-hydrogen) atoms. The van der Waals surface area contributed by atoms with E-state index in [4.69, 9.17) is 15.8 Å². The normalized spacial score (nSPS) is 22.7. The third-order valence-electron chi connectivity index (χ3n) is 3.53. The van der Waals surface area contributed by atoms with Crippen LogP contribution in [0.15, 0.2) is 0 Å². The Kier molecular flexibility index (Phi) is 6.07. The topological polar surface area (TPSA) is 116 Å². The van der Waals surface area contributed by atoms with Gasteiger partial charge in [0.15, 0.2) is 0 Å². The first kappa shape index (κ1) is 15.4. The van der Waals surface area contributed by atoms with Gasteiger partial charge in [0.1, 0.15) is 5.54 Å². The van der Waals surface area contributed by atoms with Gasteiger partial charge in [-0.1, -0.05) is 12.8 Å². The van der Waals surface area contributed by atoms with Crippen molar-refractivity contribution in [1.29, 1.82) is 0 Å². The minimum absolute atomic E-state index is 0.189. The van der Waals surface area contributed by atoms with Gasteiger partial charge in [0.2, 0.25) is 0 Å². The zero-order chi connectivity index (χ0) is 13.6. The molecular weight excluding hydrogens is 235 g/mol. The monoisotopic (exact) mass is 258 g/mol.